The van der Waals surface area contributed by atoms with Crippen molar-refractivity contribution >= 4 is 29.2 Å². The van der Waals surface area contributed by atoms with Gasteiger partial charge in [-0.15, -0.1) is 0 Å². The molecule has 0 spiro atoms. The van der Waals surface area contributed by atoms with Crippen molar-refractivity contribution in [3.8, 4) is 11.5 Å². The molecular weight excluding hydrogens is 436 g/mol. The molecule has 0 saturated carbocycles. The molecule has 0 heterocycles. The summed E-state index contributed by atoms with van der Waals surface area (Å²) < 4.78 is 15.1. The Kier molecular flexibility index (Phi) is 8.23. The van der Waals surface area contributed by atoms with E-state index < -0.39 is 24.2 Å². The van der Waals surface area contributed by atoms with E-state index in [4.69, 9.17) is 9.47 Å². The third kappa shape index (κ3) is 6.13. The fourth-order valence-corrected chi connectivity index (χ4v) is 3.33. The number of para-hydroxylation sites is 1. The topological polar surface area (TPSA) is 94.2 Å². The smallest absolute Gasteiger partial charge is 0.315 e. The normalized spacial score (nSPS) is 10.2. The highest BCUT2D eigenvalue weighted by molar-refractivity contribution is 6.12. The van der Waals surface area contributed by atoms with Crippen LogP contribution < -0.4 is 19.7 Å². The summed E-state index contributed by atoms with van der Waals surface area (Å²) in [6.07, 6.45) is -0.463. The maximum Gasteiger partial charge on any atom is 0.315 e. The molecule has 0 radical (unpaired) electrons. The molecule has 176 valence electrons. The molecule has 34 heavy (non-hydrogen) atoms. The third-order valence-electron chi connectivity index (χ3n) is 5.09. The van der Waals surface area contributed by atoms with Crippen molar-refractivity contribution in [2.24, 2.45) is 0 Å². The van der Waals surface area contributed by atoms with Gasteiger partial charge in [0.2, 0.25) is 5.91 Å². The molecule has 2 amide bonds. The summed E-state index contributed by atoms with van der Waals surface area (Å²) in [4.78, 5) is 39.5. The van der Waals surface area contributed by atoms with Gasteiger partial charge in [0.25, 0.3) is 5.91 Å². The van der Waals surface area contributed by atoms with Crippen LogP contribution in [0.3, 0.4) is 0 Å². The number of rotatable bonds is 9. The van der Waals surface area contributed by atoms with Gasteiger partial charge in [-0.3, -0.25) is 14.4 Å². The summed E-state index contributed by atoms with van der Waals surface area (Å²) in [5.74, 6) is -0.276. The van der Waals surface area contributed by atoms with Crippen LogP contribution in [0.4, 0.5) is 11.4 Å². The molecule has 0 aliphatic carbocycles. The Hall–Kier alpha value is -4.33. The highest BCUT2D eigenvalue weighted by Gasteiger charge is 2.24. The molecular formula is C26H26N2O6. The van der Waals surface area contributed by atoms with Crippen molar-refractivity contribution in [1.29, 1.82) is 0 Å². The monoisotopic (exact) mass is 462 g/mol. The van der Waals surface area contributed by atoms with Gasteiger partial charge >= 0.3 is 5.97 Å². The maximum atomic E-state index is 13.2. The Balaban J connectivity index is 1.95. The molecule has 0 bridgehead atoms. The second-order valence-corrected chi connectivity index (χ2v) is 7.28. The highest BCUT2D eigenvalue weighted by Crippen LogP contribution is 2.26. The third-order valence-corrected chi connectivity index (χ3v) is 5.09. The van der Waals surface area contributed by atoms with Crippen LogP contribution in [0.5, 0.6) is 11.5 Å². The highest BCUT2D eigenvalue weighted by atomic mass is 16.5. The van der Waals surface area contributed by atoms with E-state index in [0.29, 0.717) is 22.9 Å². The van der Waals surface area contributed by atoms with Gasteiger partial charge in [0.1, 0.15) is 17.9 Å². The van der Waals surface area contributed by atoms with Gasteiger partial charge in [-0.25, -0.2) is 0 Å². The minimum atomic E-state index is -0.666. The van der Waals surface area contributed by atoms with Crippen LogP contribution >= 0.6 is 0 Å². The van der Waals surface area contributed by atoms with Gasteiger partial charge in [-0.05, 0) is 54.1 Å². The average Bonchev–Trinajstić information content (AvgIpc) is 2.87. The molecule has 0 fully saturated rings. The second kappa shape index (κ2) is 11.5. The number of carbonyl (C=O) groups is 3. The zero-order valence-corrected chi connectivity index (χ0v) is 19.2. The molecule has 0 saturated heterocycles. The van der Waals surface area contributed by atoms with Gasteiger partial charge < -0.3 is 24.4 Å². The largest absolute Gasteiger partial charge is 0.497 e. The van der Waals surface area contributed by atoms with Crippen LogP contribution in [0.15, 0.2) is 72.8 Å². The number of methoxy groups -OCH3 is 3. The standard InChI is InChI=1S/C26H26N2O6/c1-32-20-13-11-19(12-14-20)27-26(31)22-9-4-5-10-23(22)28(24(29)16-25(30)34-3)17-18-7-6-8-21(15-18)33-2/h4-15H,16-17H2,1-3H3,(H,27,31). The predicted octanol–water partition coefficient (Wildman–Crippen LogP) is 4.05. The van der Waals surface area contributed by atoms with Crippen molar-refractivity contribution in [1.82, 2.24) is 0 Å². The number of anilines is 2. The first-order valence-corrected chi connectivity index (χ1v) is 10.5. The lowest BCUT2D eigenvalue weighted by molar-refractivity contribution is -0.143. The lowest BCUT2D eigenvalue weighted by atomic mass is 10.1. The molecule has 0 aliphatic heterocycles. The fraction of sp³-hybridized carbons (Fsp3) is 0.192. The van der Waals surface area contributed by atoms with Gasteiger partial charge in [0.15, 0.2) is 0 Å². The second-order valence-electron chi connectivity index (χ2n) is 7.28. The lowest BCUT2D eigenvalue weighted by Gasteiger charge is -2.25. The van der Waals surface area contributed by atoms with Crippen molar-refractivity contribution in [3.05, 3.63) is 83.9 Å². The van der Waals surface area contributed by atoms with Crippen molar-refractivity contribution in [2.45, 2.75) is 13.0 Å². The van der Waals surface area contributed by atoms with E-state index in [1.54, 1.807) is 80.9 Å². The summed E-state index contributed by atoms with van der Waals surface area (Å²) in [5.41, 5.74) is 1.98. The fourth-order valence-electron chi connectivity index (χ4n) is 3.33. The van der Waals surface area contributed by atoms with Crippen LogP contribution in [0.2, 0.25) is 0 Å². The van der Waals surface area contributed by atoms with Crippen LogP contribution in [-0.4, -0.2) is 39.1 Å². The van der Waals surface area contributed by atoms with E-state index in [1.807, 2.05) is 6.07 Å². The van der Waals surface area contributed by atoms with E-state index in [1.165, 1.54) is 12.0 Å². The van der Waals surface area contributed by atoms with Gasteiger partial charge in [-0.1, -0.05) is 24.3 Å². The number of esters is 1. The molecule has 0 aliphatic rings. The zero-order valence-electron chi connectivity index (χ0n) is 19.2. The molecule has 1 N–H and O–H groups in total. The maximum absolute atomic E-state index is 13.2. The quantitative estimate of drug-likeness (QED) is 0.381. The Labute approximate surface area is 198 Å². The molecule has 0 aromatic heterocycles. The first kappa shape index (κ1) is 24.3. The number of hydrogen-bond acceptors (Lipinski definition) is 6. The van der Waals surface area contributed by atoms with Crippen LogP contribution in [0, 0.1) is 0 Å². The number of nitrogens with one attached hydrogen (secondary N) is 1. The number of carbonyl (C=O) groups excluding carboxylic acids is 3. The first-order valence-electron chi connectivity index (χ1n) is 10.5. The Morgan fingerprint density at radius 1 is 0.824 bits per heavy atom. The molecule has 3 aromatic carbocycles. The van der Waals surface area contributed by atoms with E-state index in [0.717, 1.165) is 5.56 Å². The van der Waals surface area contributed by atoms with Gasteiger partial charge in [0.05, 0.1) is 39.1 Å². The summed E-state index contributed by atoms with van der Waals surface area (Å²) in [6.45, 7) is 0.125. The van der Waals surface area contributed by atoms with Crippen LogP contribution in [0.1, 0.15) is 22.3 Å². The molecule has 3 rings (SSSR count). The van der Waals surface area contributed by atoms with Crippen molar-refractivity contribution < 1.29 is 28.6 Å². The molecule has 0 atom stereocenters. The molecule has 8 heteroatoms. The lowest BCUT2D eigenvalue weighted by Crippen LogP contribution is -2.34. The van der Waals surface area contributed by atoms with E-state index >= 15 is 0 Å². The Morgan fingerprint density at radius 2 is 1.53 bits per heavy atom. The summed E-state index contributed by atoms with van der Waals surface area (Å²) in [7, 11) is 4.34. The molecule has 0 unspecified atom stereocenters. The van der Waals surface area contributed by atoms with Crippen molar-refractivity contribution in [3.63, 3.8) is 0 Å². The zero-order chi connectivity index (χ0) is 24.5. The number of nitrogens with zero attached hydrogens (tertiary/aromatic N) is 1. The van der Waals surface area contributed by atoms with Crippen LogP contribution in [-0.2, 0) is 20.9 Å². The number of benzene rings is 3. The van der Waals surface area contributed by atoms with Gasteiger partial charge in [0, 0.05) is 5.69 Å². The first-order chi connectivity index (χ1) is 16.4. The summed E-state index contributed by atoms with van der Waals surface area (Å²) >= 11 is 0. The minimum Gasteiger partial charge on any atom is -0.497 e. The average molecular weight is 463 g/mol. The molecule has 3 aromatic rings. The number of amides is 2. The Morgan fingerprint density at radius 3 is 2.21 bits per heavy atom. The minimum absolute atomic E-state index is 0.125. The van der Waals surface area contributed by atoms with Gasteiger partial charge in [-0.2, -0.15) is 0 Å². The summed E-state index contributed by atoms with van der Waals surface area (Å²) in [5, 5.41) is 2.83. The molecule has 8 nitrogen and oxygen atoms in total. The van der Waals surface area contributed by atoms with E-state index in [2.05, 4.69) is 10.1 Å². The van der Waals surface area contributed by atoms with Crippen molar-refractivity contribution in [2.75, 3.05) is 31.5 Å². The Bertz CT molecular complexity index is 1160. The predicted molar refractivity (Wildman–Crippen MR) is 128 cm³/mol. The van der Waals surface area contributed by atoms with E-state index in [9.17, 15) is 14.4 Å². The number of hydrogen-bond donors (Lipinski definition) is 1. The van der Waals surface area contributed by atoms with Crippen LogP contribution in [0.25, 0.3) is 0 Å². The number of ether oxygens (including phenoxy) is 3. The SMILES string of the molecule is COC(=O)CC(=O)N(Cc1cccc(OC)c1)c1ccccc1C(=O)Nc1ccc(OC)cc1. The van der Waals surface area contributed by atoms with E-state index in [-0.39, 0.29) is 12.1 Å². The summed E-state index contributed by atoms with van der Waals surface area (Å²) in [6, 6.07) is 20.8.